The molecule has 2 heteroatoms. The summed E-state index contributed by atoms with van der Waals surface area (Å²) in [4.78, 5) is 0. The van der Waals surface area contributed by atoms with Gasteiger partial charge in [-0.15, -0.1) is 0 Å². The van der Waals surface area contributed by atoms with Crippen LogP contribution in [-0.2, 0) is 0 Å². The molecule has 18 rings (SSSR count). The van der Waals surface area contributed by atoms with Crippen molar-refractivity contribution in [3.63, 3.8) is 0 Å². The van der Waals surface area contributed by atoms with Crippen LogP contribution in [0.2, 0.25) is 0 Å². The predicted molar refractivity (Wildman–Crippen MR) is 443 cm³/mol. The van der Waals surface area contributed by atoms with Crippen LogP contribution in [0, 0.1) is 23.7 Å². The molecule has 0 heterocycles. The maximum atomic E-state index is 3.47. The summed E-state index contributed by atoms with van der Waals surface area (Å²) in [5.74, 6) is 13.0. The highest BCUT2D eigenvalue weighted by atomic mass is 79.9. The summed E-state index contributed by atoms with van der Waals surface area (Å²) in [7, 11) is 0. The maximum Gasteiger partial charge on any atom is 0.0610 e. The van der Waals surface area contributed by atoms with Gasteiger partial charge in [0.1, 0.15) is 0 Å². The van der Waals surface area contributed by atoms with Crippen molar-refractivity contribution in [2.75, 3.05) is 0 Å². The van der Waals surface area contributed by atoms with Gasteiger partial charge in [-0.3, -0.25) is 0 Å². The van der Waals surface area contributed by atoms with E-state index in [9.17, 15) is 0 Å². The summed E-state index contributed by atoms with van der Waals surface area (Å²) in [6.45, 7) is 0. The summed E-state index contributed by atoms with van der Waals surface area (Å²) < 4.78 is 0.888. The summed E-state index contributed by atoms with van der Waals surface area (Å²) in [6.07, 6.45) is 4.42. The molecule has 16 aromatic carbocycles. The van der Waals surface area contributed by atoms with Crippen molar-refractivity contribution in [2.24, 2.45) is 0 Å². The van der Waals surface area contributed by atoms with E-state index in [2.05, 4.69) is 365 Å². The van der Waals surface area contributed by atoms with Crippen LogP contribution in [0.5, 0.6) is 0 Å². The predicted octanol–water partition coefficient (Wildman–Crippen LogP) is 27.2. The Morgan fingerprint density at radius 3 is 1.03 bits per heavy atom. The second-order valence-electron chi connectivity index (χ2n) is 25.2. The molecular weight excluding hydrogens is 1360 g/mol. The maximum absolute atomic E-state index is 3.47. The van der Waals surface area contributed by atoms with E-state index in [1.165, 1.54) is 143 Å². The van der Waals surface area contributed by atoms with Crippen molar-refractivity contribution in [3.05, 3.63) is 441 Å². The van der Waals surface area contributed by atoms with Crippen LogP contribution in [0.15, 0.2) is 385 Å². The number of allylic oxidation sites excluding steroid dienone is 5. The van der Waals surface area contributed by atoms with E-state index in [1.807, 2.05) is 78.9 Å². The Morgan fingerprint density at radius 2 is 0.559 bits per heavy atom. The smallest absolute Gasteiger partial charge is 0.0610 e. The zero-order valence-electron chi connectivity index (χ0n) is 55.7. The Balaban J connectivity index is 0.000000136. The third-order valence-electron chi connectivity index (χ3n) is 19.0. The highest BCUT2D eigenvalue weighted by molar-refractivity contribution is 9.28. The topological polar surface area (TPSA) is 0 Å². The summed E-state index contributed by atoms with van der Waals surface area (Å²) in [5, 5.41) is 10.1. The van der Waals surface area contributed by atoms with Crippen LogP contribution in [0.3, 0.4) is 0 Å². The molecule has 0 fully saturated rings. The van der Waals surface area contributed by atoms with E-state index < -0.39 is 0 Å². The molecule has 2 aliphatic carbocycles. The zero-order valence-corrected chi connectivity index (χ0v) is 58.9. The molecule has 0 nitrogen and oxygen atoms in total. The molecule has 2 aliphatic rings. The van der Waals surface area contributed by atoms with Gasteiger partial charge in [-0.2, -0.15) is 0 Å². The molecule has 0 spiro atoms. The number of hydrogen-bond acceptors (Lipinski definition) is 0. The molecule has 0 aliphatic heterocycles. The highest BCUT2D eigenvalue weighted by Crippen LogP contribution is 2.59. The molecule has 102 heavy (non-hydrogen) atoms. The Morgan fingerprint density at radius 1 is 0.235 bits per heavy atom. The van der Waals surface area contributed by atoms with E-state index in [0.717, 1.165) is 31.2 Å². The minimum atomic E-state index is 0.888. The van der Waals surface area contributed by atoms with Crippen molar-refractivity contribution in [1.82, 2.24) is 0 Å². The standard InChI is InChI=1S/C50H32.C36H22Br2.C14H10/c1-4-17-33(18-5-1)45-40-27-12-14-29-42(40)46(43-30-15-13-28-41(43)45)37-24-16-25-38(31-37)49-48(35-21-8-3-9-22-35)47(34-19-6-2-7-20-34)44-32-36-23-10-11-26-39(36)50(44)49;37-34(38)24-28-15-5-4-12-26(28)22-21-25-11-10-16-29(23-25)36-32-19-8-6-17-30(32)35(27-13-2-1-3-14-27)31-18-7-9-20-33(31)36;1-3-7-13(8-4-1)11-12-14-9-5-2-6-10-14/h1-32H;1-20,23-24H;1-10H. The lowest BCUT2D eigenvalue weighted by atomic mass is 9.84. The molecule has 478 valence electrons. The van der Waals surface area contributed by atoms with Crippen LogP contribution >= 0.6 is 31.9 Å². The van der Waals surface area contributed by atoms with Crippen LogP contribution in [0.4, 0.5) is 0 Å². The zero-order chi connectivity index (χ0) is 68.6. The largest absolute Gasteiger partial charge is 0.0622 e. The van der Waals surface area contributed by atoms with Crippen LogP contribution in [-0.4, -0.2) is 0 Å². The van der Waals surface area contributed by atoms with E-state index in [0.29, 0.717) is 0 Å². The van der Waals surface area contributed by atoms with Crippen molar-refractivity contribution in [2.45, 2.75) is 0 Å². The van der Waals surface area contributed by atoms with Crippen LogP contribution in [0.25, 0.3) is 122 Å². The van der Waals surface area contributed by atoms with Crippen molar-refractivity contribution in [3.8, 4) is 68.2 Å². The van der Waals surface area contributed by atoms with Crippen molar-refractivity contribution < 1.29 is 0 Å². The first-order valence-electron chi connectivity index (χ1n) is 34.4. The Kier molecular flexibility index (Phi) is 18.6. The summed E-state index contributed by atoms with van der Waals surface area (Å²) in [5.41, 5.74) is 27.9. The molecule has 0 bridgehead atoms. The van der Waals surface area contributed by atoms with E-state index in [4.69, 9.17) is 0 Å². The first-order chi connectivity index (χ1) is 50.5. The fourth-order valence-electron chi connectivity index (χ4n) is 14.6. The molecule has 0 saturated carbocycles. The van der Waals surface area contributed by atoms with Gasteiger partial charge < -0.3 is 0 Å². The molecule has 16 aromatic rings. The first-order valence-corrected chi connectivity index (χ1v) is 35.9. The third kappa shape index (κ3) is 13.1. The van der Waals surface area contributed by atoms with Gasteiger partial charge in [0, 0.05) is 22.3 Å². The van der Waals surface area contributed by atoms with Gasteiger partial charge in [-0.05, 0) is 241 Å². The normalized spacial score (nSPS) is 11.8. The summed E-state index contributed by atoms with van der Waals surface area (Å²) >= 11 is 6.93. The molecule has 0 N–H and O–H groups in total. The van der Waals surface area contributed by atoms with Crippen LogP contribution < -0.4 is 0 Å². The highest BCUT2D eigenvalue weighted by Gasteiger charge is 2.36. The van der Waals surface area contributed by atoms with Crippen LogP contribution in [0.1, 0.15) is 55.6 Å². The Hall–Kier alpha value is -12.4. The SMILES string of the molecule is BrC(Br)=Cc1ccccc1C#Cc1cccc(-c2c3ccccc3c(-c3ccccc3)c3ccccc23)c1.C(#Cc1ccccc1)c1ccccc1.C1=C2C(c3ccccc3)=C(c3ccccc3)C(c3cccc(-c4c5ccccc5c(-c5ccccc5)c5ccccc45)c3)=C2c2ccccc21. The van der Waals surface area contributed by atoms with E-state index in [-0.39, 0.29) is 0 Å². The number of hydrogen-bond donors (Lipinski definition) is 0. The van der Waals surface area contributed by atoms with Crippen molar-refractivity contribution in [1.29, 1.82) is 0 Å². The molecule has 0 atom stereocenters. The second-order valence-corrected chi connectivity index (χ2v) is 28.0. The van der Waals surface area contributed by atoms with Gasteiger partial charge in [0.25, 0.3) is 0 Å². The Labute approximate surface area is 613 Å². The molecule has 0 unspecified atom stereocenters. The van der Waals surface area contributed by atoms with Gasteiger partial charge in [0.2, 0.25) is 0 Å². The molecule has 0 aromatic heterocycles. The molecule has 0 amide bonds. The summed E-state index contributed by atoms with van der Waals surface area (Å²) in [6, 6.07) is 134. The monoisotopic (exact) mass is 1420 g/mol. The lowest BCUT2D eigenvalue weighted by Crippen LogP contribution is -1.95. The lowest BCUT2D eigenvalue weighted by Gasteiger charge is -2.19. The van der Waals surface area contributed by atoms with E-state index in [1.54, 1.807) is 0 Å². The third-order valence-corrected chi connectivity index (χ3v) is 19.4. The fraction of sp³-hybridized carbons (Fsp3) is 0. The molecule has 0 saturated heterocycles. The minimum Gasteiger partial charge on any atom is -0.0622 e. The number of benzene rings is 16. The second kappa shape index (κ2) is 29.6. The number of halogens is 2. The van der Waals surface area contributed by atoms with Gasteiger partial charge in [-0.1, -0.05) is 351 Å². The average Bonchev–Trinajstić information content (AvgIpc) is 1.42. The van der Waals surface area contributed by atoms with E-state index >= 15 is 0 Å². The first kappa shape index (κ1) is 64.3. The van der Waals surface area contributed by atoms with Crippen molar-refractivity contribution >= 4 is 109 Å². The Bertz CT molecular complexity index is 5940. The van der Waals surface area contributed by atoms with Gasteiger partial charge in [-0.25, -0.2) is 0 Å². The van der Waals surface area contributed by atoms with Gasteiger partial charge in [0.15, 0.2) is 0 Å². The minimum absolute atomic E-state index is 0.888. The lowest BCUT2D eigenvalue weighted by molar-refractivity contribution is 1.57. The number of rotatable bonds is 8. The average molecular weight is 1430 g/mol. The number of fused-ring (bicyclic) bond motifs is 7. The quantitative estimate of drug-likeness (QED) is 0.105. The molecule has 0 radical (unpaired) electrons. The van der Waals surface area contributed by atoms with Gasteiger partial charge in [0.05, 0.1) is 3.39 Å². The molecular formula is C100H64Br2. The van der Waals surface area contributed by atoms with Gasteiger partial charge >= 0.3 is 0 Å². The fourth-order valence-corrected chi connectivity index (χ4v) is 15.1.